The summed E-state index contributed by atoms with van der Waals surface area (Å²) < 4.78 is 29.5. The number of hydrogen-bond donors (Lipinski definition) is 2. The summed E-state index contributed by atoms with van der Waals surface area (Å²) in [7, 11) is -3.54. The Morgan fingerprint density at radius 2 is 1.81 bits per heavy atom. The number of phenolic OH excluding ortho intramolecular Hbond substituents is 2. The summed E-state index contributed by atoms with van der Waals surface area (Å²) in [5.41, 5.74) is 0.657. The number of rotatable bonds is 3. The van der Waals surface area contributed by atoms with E-state index in [1.54, 1.807) is 12.1 Å². The van der Waals surface area contributed by atoms with Gasteiger partial charge in [-0.1, -0.05) is 12.1 Å². The molecule has 0 saturated heterocycles. The molecule has 0 aromatic heterocycles. The highest BCUT2D eigenvalue weighted by molar-refractivity contribution is 7.95. The molecule has 0 amide bonds. The molecule has 0 unspecified atom stereocenters. The lowest BCUT2D eigenvalue weighted by Gasteiger charge is -2.09. The normalized spacial score (nSPS) is 15.3. The van der Waals surface area contributed by atoms with Crippen LogP contribution in [0.25, 0.3) is 5.57 Å². The zero-order chi connectivity index (χ0) is 15.0. The van der Waals surface area contributed by atoms with Crippen molar-refractivity contribution >= 4 is 15.4 Å². The Balaban J connectivity index is 1.91. The van der Waals surface area contributed by atoms with E-state index in [9.17, 15) is 18.6 Å². The number of hydrogen-bond acceptors (Lipinski definition) is 5. The van der Waals surface area contributed by atoms with E-state index in [-0.39, 0.29) is 28.6 Å². The summed E-state index contributed by atoms with van der Waals surface area (Å²) in [6.07, 6.45) is 0. The van der Waals surface area contributed by atoms with Gasteiger partial charge in [-0.05, 0) is 24.3 Å². The predicted molar refractivity (Wildman–Crippen MR) is 76.9 cm³/mol. The molecule has 3 rings (SSSR count). The zero-order valence-corrected chi connectivity index (χ0v) is 11.7. The maximum Gasteiger partial charge on any atom is 0.200 e. The smallest absolute Gasteiger partial charge is 0.200 e. The van der Waals surface area contributed by atoms with E-state index in [0.717, 1.165) is 5.41 Å². The predicted octanol–water partition coefficient (Wildman–Crippen LogP) is 2.30. The van der Waals surface area contributed by atoms with Crippen molar-refractivity contribution < 1.29 is 23.4 Å². The number of phenols is 2. The van der Waals surface area contributed by atoms with Gasteiger partial charge in [-0.2, -0.15) is 0 Å². The second-order valence-corrected chi connectivity index (χ2v) is 6.39. The van der Waals surface area contributed by atoms with Crippen LogP contribution < -0.4 is 4.74 Å². The monoisotopic (exact) mass is 304 g/mol. The van der Waals surface area contributed by atoms with Gasteiger partial charge in [-0.3, -0.25) is 0 Å². The molecule has 1 aliphatic rings. The van der Waals surface area contributed by atoms with Crippen LogP contribution in [0.5, 0.6) is 17.2 Å². The first-order valence-electron chi connectivity index (χ1n) is 6.17. The number of ether oxygens (including phenoxy) is 1. The van der Waals surface area contributed by atoms with E-state index < -0.39 is 9.84 Å². The third kappa shape index (κ3) is 2.45. The molecule has 1 aliphatic heterocycles. The molecule has 0 atom stereocenters. The highest BCUT2D eigenvalue weighted by Gasteiger charge is 2.29. The molecule has 2 N–H and O–H groups in total. The summed E-state index contributed by atoms with van der Waals surface area (Å²) in [6, 6.07) is 10.6. The standard InChI is InChI=1S/C15H12O5S/c16-11-3-1-4-12(7-11)20-8-10-9-21(18,19)14-6-2-5-13(17)15(10)14/h1-7,9,16-17H,8H2. The molecule has 0 aliphatic carbocycles. The van der Waals surface area contributed by atoms with Gasteiger partial charge in [-0.15, -0.1) is 0 Å². The van der Waals surface area contributed by atoms with Gasteiger partial charge >= 0.3 is 0 Å². The Morgan fingerprint density at radius 3 is 2.57 bits per heavy atom. The van der Waals surface area contributed by atoms with Gasteiger partial charge in [0, 0.05) is 22.6 Å². The maximum absolute atomic E-state index is 12.0. The van der Waals surface area contributed by atoms with Crippen LogP contribution in [0.15, 0.2) is 52.8 Å². The topological polar surface area (TPSA) is 83.8 Å². The maximum atomic E-state index is 12.0. The van der Waals surface area contributed by atoms with E-state index >= 15 is 0 Å². The summed E-state index contributed by atoms with van der Waals surface area (Å²) in [6.45, 7) is -0.0206. The Labute approximate surface area is 121 Å². The number of aromatic hydroxyl groups is 2. The van der Waals surface area contributed by atoms with Crippen molar-refractivity contribution in [2.75, 3.05) is 6.61 Å². The van der Waals surface area contributed by atoms with Crippen LogP contribution in [0.1, 0.15) is 5.56 Å². The summed E-state index contributed by atoms with van der Waals surface area (Å²) in [4.78, 5) is 0.0806. The van der Waals surface area contributed by atoms with Crippen LogP contribution >= 0.6 is 0 Å². The van der Waals surface area contributed by atoms with Crippen LogP contribution in [0.4, 0.5) is 0 Å². The molecule has 108 valence electrons. The van der Waals surface area contributed by atoms with Crippen molar-refractivity contribution in [3.8, 4) is 17.2 Å². The van der Waals surface area contributed by atoms with Gasteiger partial charge in [0.15, 0.2) is 0 Å². The Kier molecular flexibility index (Phi) is 3.10. The minimum Gasteiger partial charge on any atom is -0.508 e. The van der Waals surface area contributed by atoms with E-state index in [2.05, 4.69) is 0 Å². The van der Waals surface area contributed by atoms with Gasteiger partial charge < -0.3 is 14.9 Å². The highest BCUT2D eigenvalue weighted by atomic mass is 32.2. The largest absolute Gasteiger partial charge is 0.508 e. The van der Waals surface area contributed by atoms with Gasteiger partial charge in [-0.25, -0.2) is 8.42 Å². The number of benzene rings is 2. The second-order valence-electron chi connectivity index (χ2n) is 4.62. The van der Waals surface area contributed by atoms with Gasteiger partial charge in [0.25, 0.3) is 0 Å². The number of sulfone groups is 1. The van der Waals surface area contributed by atoms with Crippen molar-refractivity contribution in [2.24, 2.45) is 0 Å². The molecule has 2 aromatic rings. The lowest BCUT2D eigenvalue weighted by Crippen LogP contribution is -1.99. The van der Waals surface area contributed by atoms with Crippen LogP contribution in [-0.2, 0) is 9.84 Å². The third-order valence-corrected chi connectivity index (χ3v) is 4.69. The minimum atomic E-state index is -3.54. The Bertz CT molecular complexity index is 837. The molecule has 2 aromatic carbocycles. The molecular formula is C15H12O5S. The lowest BCUT2D eigenvalue weighted by atomic mass is 10.1. The molecule has 21 heavy (non-hydrogen) atoms. The quantitative estimate of drug-likeness (QED) is 0.909. The van der Waals surface area contributed by atoms with E-state index in [1.165, 1.54) is 30.3 Å². The molecule has 1 heterocycles. The average Bonchev–Trinajstić information content (AvgIpc) is 2.69. The minimum absolute atomic E-state index is 0.0206. The Hall–Kier alpha value is -2.47. The van der Waals surface area contributed by atoms with Gasteiger partial charge in [0.05, 0.1) is 4.90 Å². The van der Waals surface area contributed by atoms with E-state index in [0.29, 0.717) is 11.3 Å². The first-order valence-corrected chi connectivity index (χ1v) is 7.72. The summed E-state index contributed by atoms with van der Waals surface area (Å²) >= 11 is 0. The molecule has 5 nitrogen and oxygen atoms in total. The first-order chi connectivity index (χ1) is 9.97. The van der Waals surface area contributed by atoms with E-state index in [4.69, 9.17) is 4.74 Å². The molecule has 0 bridgehead atoms. The molecule has 0 fully saturated rings. The fourth-order valence-electron chi connectivity index (χ4n) is 2.23. The van der Waals surface area contributed by atoms with Crippen molar-refractivity contribution in [3.63, 3.8) is 0 Å². The van der Waals surface area contributed by atoms with Gasteiger partial charge in [0.1, 0.15) is 23.9 Å². The first kappa shape index (κ1) is 13.5. The summed E-state index contributed by atoms with van der Waals surface area (Å²) in [5, 5.41) is 20.3. The second kappa shape index (κ2) is 4.82. The van der Waals surface area contributed by atoms with E-state index in [1.807, 2.05) is 0 Å². The van der Waals surface area contributed by atoms with Gasteiger partial charge in [0.2, 0.25) is 9.84 Å². The Morgan fingerprint density at radius 1 is 1.05 bits per heavy atom. The third-order valence-electron chi connectivity index (χ3n) is 3.14. The SMILES string of the molecule is O=S1(=O)C=C(COc2cccc(O)c2)c2c(O)cccc21. The van der Waals surface area contributed by atoms with Crippen molar-refractivity contribution in [3.05, 3.63) is 53.4 Å². The number of fused-ring (bicyclic) bond motifs is 1. The average molecular weight is 304 g/mol. The van der Waals surface area contributed by atoms with Crippen molar-refractivity contribution in [1.82, 2.24) is 0 Å². The van der Waals surface area contributed by atoms with Crippen molar-refractivity contribution in [1.29, 1.82) is 0 Å². The summed E-state index contributed by atoms with van der Waals surface area (Å²) in [5.74, 6) is 0.375. The van der Waals surface area contributed by atoms with Crippen LogP contribution in [0, 0.1) is 0 Å². The molecule has 6 heteroatoms. The van der Waals surface area contributed by atoms with Crippen LogP contribution in [0.2, 0.25) is 0 Å². The van der Waals surface area contributed by atoms with Crippen LogP contribution in [0.3, 0.4) is 0 Å². The fraction of sp³-hybridized carbons (Fsp3) is 0.0667. The molecule has 0 radical (unpaired) electrons. The molecular weight excluding hydrogens is 292 g/mol. The zero-order valence-electron chi connectivity index (χ0n) is 10.9. The lowest BCUT2D eigenvalue weighted by molar-refractivity contribution is 0.365. The van der Waals surface area contributed by atoms with Crippen LogP contribution in [-0.4, -0.2) is 25.2 Å². The molecule has 0 spiro atoms. The van der Waals surface area contributed by atoms with Crippen molar-refractivity contribution in [2.45, 2.75) is 4.90 Å². The fourth-order valence-corrected chi connectivity index (χ4v) is 3.71. The highest BCUT2D eigenvalue weighted by Crippen LogP contribution is 2.39. The molecule has 0 saturated carbocycles.